The highest BCUT2D eigenvalue weighted by atomic mass is 16.2. The standard InChI is InChI=1S/C22H20N6O2/c1-15(29)26-18-12-25-28(14-18)19-6-4-17(5-7-19)22(30)27(2)13-16-3-8-20-21(11-16)24-10-9-23-20/h3-12,14H,13H2,1-2H3,(H,26,29). The monoisotopic (exact) mass is 400 g/mol. The molecular weight excluding hydrogens is 380 g/mol. The molecule has 0 bridgehead atoms. The molecule has 0 spiro atoms. The van der Waals surface area contributed by atoms with Crippen molar-refractivity contribution in [3.8, 4) is 5.69 Å². The predicted molar refractivity (Wildman–Crippen MR) is 113 cm³/mol. The Labute approximate surface area is 173 Å². The molecule has 0 aliphatic carbocycles. The minimum atomic E-state index is -0.156. The minimum absolute atomic E-state index is 0.0832. The zero-order chi connectivity index (χ0) is 21.1. The van der Waals surface area contributed by atoms with Crippen LogP contribution in [0.4, 0.5) is 5.69 Å². The zero-order valence-electron chi connectivity index (χ0n) is 16.6. The zero-order valence-corrected chi connectivity index (χ0v) is 16.6. The minimum Gasteiger partial charge on any atom is -0.337 e. The summed E-state index contributed by atoms with van der Waals surface area (Å²) in [6.07, 6.45) is 6.60. The quantitative estimate of drug-likeness (QED) is 0.556. The summed E-state index contributed by atoms with van der Waals surface area (Å²) in [5, 5.41) is 6.91. The number of amides is 2. The highest BCUT2D eigenvalue weighted by Gasteiger charge is 2.13. The number of nitrogens with zero attached hydrogens (tertiary/aromatic N) is 5. The molecule has 8 nitrogen and oxygen atoms in total. The van der Waals surface area contributed by atoms with Gasteiger partial charge in [-0.1, -0.05) is 6.07 Å². The summed E-state index contributed by atoms with van der Waals surface area (Å²) in [6.45, 7) is 1.91. The SMILES string of the molecule is CC(=O)Nc1cnn(-c2ccc(C(=O)N(C)Cc3ccc4nccnc4c3)cc2)c1. The topological polar surface area (TPSA) is 93.0 Å². The number of carbonyl (C=O) groups is 2. The van der Waals surface area contributed by atoms with E-state index in [0.29, 0.717) is 17.8 Å². The lowest BCUT2D eigenvalue weighted by atomic mass is 10.1. The van der Waals surface area contributed by atoms with E-state index in [2.05, 4.69) is 20.4 Å². The van der Waals surface area contributed by atoms with Crippen LogP contribution in [0.3, 0.4) is 0 Å². The van der Waals surface area contributed by atoms with Crippen molar-refractivity contribution < 1.29 is 9.59 Å². The molecule has 1 N–H and O–H groups in total. The molecule has 2 amide bonds. The van der Waals surface area contributed by atoms with E-state index in [0.717, 1.165) is 22.3 Å². The fourth-order valence-electron chi connectivity index (χ4n) is 3.16. The van der Waals surface area contributed by atoms with E-state index in [1.165, 1.54) is 6.92 Å². The van der Waals surface area contributed by atoms with Gasteiger partial charge in [-0.3, -0.25) is 19.6 Å². The lowest BCUT2D eigenvalue weighted by Crippen LogP contribution is -2.26. The normalized spacial score (nSPS) is 10.7. The molecule has 0 aliphatic rings. The number of rotatable bonds is 5. The van der Waals surface area contributed by atoms with Gasteiger partial charge in [-0.25, -0.2) is 4.68 Å². The second-order valence-corrected chi connectivity index (χ2v) is 6.94. The smallest absolute Gasteiger partial charge is 0.253 e. The molecule has 30 heavy (non-hydrogen) atoms. The molecule has 4 aromatic rings. The second-order valence-electron chi connectivity index (χ2n) is 6.94. The first-order valence-electron chi connectivity index (χ1n) is 9.37. The number of benzene rings is 2. The predicted octanol–water partition coefficient (Wildman–Crippen LogP) is 3.05. The van der Waals surface area contributed by atoms with Gasteiger partial charge in [0.15, 0.2) is 0 Å². The number of hydrogen-bond acceptors (Lipinski definition) is 5. The summed E-state index contributed by atoms with van der Waals surface area (Å²) in [6, 6.07) is 13.0. The number of aromatic nitrogens is 4. The van der Waals surface area contributed by atoms with Gasteiger partial charge in [-0.15, -0.1) is 0 Å². The second kappa shape index (κ2) is 8.12. The molecule has 0 saturated heterocycles. The van der Waals surface area contributed by atoms with Crippen molar-refractivity contribution in [2.45, 2.75) is 13.5 Å². The molecule has 0 fully saturated rings. The third kappa shape index (κ3) is 4.17. The first kappa shape index (κ1) is 19.3. The number of anilines is 1. The molecule has 150 valence electrons. The Balaban J connectivity index is 1.45. The lowest BCUT2D eigenvalue weighted by Gasteiger charge is -2.18. The van der Waals surface area contributed by atoms with Gasteiger partial charge in [0.05, 0.1) is 34.8 Å². The van der Waals surface area contributed by atoms with Gasteiger partial charge in [0.25, 0.3) is 5.91 Å². The molecule has 8 heteroatoms. The molecular formula is C22H20N6O2. The summed E-state index contributed by atoms with van der Waals surface area (Å²) in [7, 11) is 1.77. The van der Waals surface area contributed by atoms with Crippen LogP contribution < -0.4 is 5.32 Å². The fourth-order valence-corrected chi connectivity index (χ4v) is 3.16. The van der Waals surface area contributed by atoms with E-state index in [4.69, 9.17) is 0 Å². The molecule has 2 aromatic carbocycles. The Kier molecular flexibility index (Phi) is 5.21. The summed E-state index contributed by atoms with van der Waals surface area (Å²) < 4.78 is 1.64. The van der Waals surface area contributed by atoms with Crippen molar-refractivity contribution in [1.82, 2.24) is 24.6 Å². The van der Waals surface area contributed by atoms with Crippen LogP contribution in [0.5, 0.6) is 0 Å². The fraction of sp³-hybridized carbons (Fsp3) is 0.136. The highest BCUT2D eigenvalue weighted by molar-refractivity contribution is 5.94. The maximum absolute atomic E-state index is 12.8. The van der Waals surface area contributed by atoms with Gasteiger partial charge < -0.3 is 10.2 Å². The Morgan fingerprint density at radius 3 is 2.50 bits per heavy atom. The van der Waals surface area contributed by atoms with E-state index in [-0.39, 0.29) is 11.8 Å². The summed E-state index contributed by atoms with van der Waals surface area (Å²) >= 11 is 0. The van der Waals surface area contributed by atoms with Crippen LogP contribution in [0, 0.1) is 0 Å². The largest absolute Gasteiger partial charge is 0.337 e. The van der Waals surface area contributed by atoms with Gasteiger partial charge in [0.2, 0.25) is 5.91 Å². The van der Waals surface area contributed by atoms with E-state index in [1.807, 2.05) is 30.3 Å². The summed E-state index contributed by atoms with van der Waals surface area (Å²) in [4.78, 5) is 34.2. The van der Waals surface area contributed by atoms with E-state index in [9.17, 15) is 9.59 Å². The molecule has 0 aliphatic heterocycles. The van der Waals surface area contributed by atoms with Crippen LogP contribution in [-0.4, -0.2) is 43.5 Å². The van der Waals surface area contributed by atoms with Crippen LogP contribution >= 0.6 is 0 Å². The molecule has 0 atom stereocenters. The average Bonchev–Trinajstić information content (AvgIpc) is 3.21. The van der Waals surface area contributed by atoms with Gasteiger partial charge in [0.1, 0.15) is 0 Å². The first-order chi connectivity index (χ1) is 14.5. The van der Waals surface area contributed by atoms with Gasteiger partial charge >= 0.3 is 0 Å². The Bertz CT molecular complexity index is 1220. The van der Waals surface area contributed by atoms with Crippen molar-refractivity contribution in [1.29, 1.82) is 0 Å². The Morgan fingerprint density at radius 1 is 1.03 bits per heavy atom. The molecule has 0 radical (unpaired) electrons. The Hall–Kier alpha value is -4.07. The van der Waals surface area contributed by atoms with Crippen LogP contribution in [0.1, 0.15) is 22.8 Å². The molecule has 2 aromatic heterocycles. The van der Waals surface area contributed by atoms with Crippen LogP contribution in [0.2, 0.25) is 0 Å². The average molecular weight is 400 g/mol. The molecule has 2 heterocycles. The first-order valence-corrected chi connectivity index (χ1v) is 9.37. The molecule has 0 unspecified atom stereocenters. The lowest BCUT2D eigenvalue weighted by molar-refractivity contribution is -0.114. The van der Waals surface area contributed by atoms with Crippen LogP contribution in [-0.2, 0) is 11.3 Å². The van der Waals surface area contributed by atoms with Gasteiger partial charge in [0, 0.05) is 38.5 Å². The summed E-state index contributed by atoms with van der Waals surface area (Å²) in [5.41, 5.74) is 4.60. The van der Waals surface area contributed by atoms with Crippen LogP contribution in [0.25, 0.3) is 16.7 Å². The van der Waals surface area contributed by atoms with Crippen molar-refractivity contribution in [3.63, 3.8) is 0 Å². The van der Waals surface area contributed by atoms with Crippen molar-refractivity contribution in [3.05, 3.63) is 78.4 Å². The number of fused-ring (bicyclic) bond motifs is 1. The highest BCUT2D eigenvalue weighted by Crippen LogP contribution is 2.16. The van der Waals surface area contributed by atoms with Crippen LogP contribution in [0.15, 0.2) is 67.3 Å². The number of hydrogen-bond donors (Lipinski definition) is 1. The maximum Gasteiger partial charge on any atom is 0.253 e. The molecule has 4 rings (SSSR count). The third-order valence-corrected chi connectivity index (χ3v) is 4.58. The maximum atomic E-state index is 12.8. The number of carbonyl (C=O) groups excluding carboxylic acids is 2. The third-order valence-electron chi connectivity index (χ3n) is 4.58. The van der Waals surface area contributed by atoms with Gasteiger partial charge in [-0.05, 0) is 42.0 Å². The van der Waals surface area contributed by atoms with E-state index >= 15 is 0 Å². The van der Waals surface area contributed by atoms with Crippen molar-refractivity contribution >= 4 is 28.5 Å². The van der Waals surface area contributed by atoms with E-state index in [1.54, 1.807) is 53.5 Å². The number of nitrogens with one attached hydrogen (secondary N) is 1. The Morgan fingerprint density at radius 2 is 1.77 bits per heavy atom. The summed E-state index contributed by atoms with van der Waals surface area (Å²) in [5.74, 6) is -0.239. The van der Waals surface area contributed by atoms with Gasteiger partial charge in [-0.2, -0.15) is 5.10 Å². The van der Waals surface area contributed by atoms with Crippen molar-refractivity contribution in [2.24, 2.45) is 0 Å². The van der Waals surface area contributed by atoms with E-state index < -0.39 is 0 Å². The van der Waals surface area contributed by atoms with Crippen molar-refractivity contribution in [2.75, 3.05) is 12.4 Å². The molecule has 0 saturated carbocycles.